The molecule has 26 heavy (non-hydrogen) atoms. The molecule has 0 aliphatic carbocycles. The highest BCUT2D eigenvalue weighted by Crippen LogP contribution is 2.23. The number of hydrogen-bond donors (Lipinski definition) is 0. The van der Waals surface area contributed by atoms with Crippen LogP contribution in [0.25, 0.3) is 23.1 Å². The fourth-order valence-electron chi connectivity index (χ4n) is 2.93. The maximum Gasteiger partial charge on any atom is 0.240 e. The summed E-state index contributed by atoms with van der Waals surface area (Å²) in [5.74, 6) is 0.536. The molecule has 4 rings (SSSR count). The highest BCUT2D eigenvalue weighted by Gasteiger charge is 2.11. The molecule has 2 aromatic heterocycles. The number of aromatic nitrogens is 3. The molecule has 0 aliphatic rings. The highest BCUT2D eigenvalue weighted by molar-refractivity contribution is 6.32. The van der Waals surface area contributed by atoms with Gasteiger partial charge >= 0.3 is 0 Å². The quantitative estimate of drug-likeness (QED) is 0.503. The van der Waals surface area contributed by atoms with Gasteiger partial charge in [-0.1, -0.05) is 35.9 Å². The predicted molar refractivity (Wildman–Crippen MR) is 100 cm³/mol. The Morgan fingerprint density at radius 2 is 2.00 bits per heavy atom. The van der Waals surface area contributed by atoms with Crippen molar-refractivity contribution in [3.63, 3.8) is 0 Å². The van der Waals surface area contributed by atoms with Gasteiger partial charge in [-0.15, -0.1) is 10.2 Å². The third kappa shape index (κ3) is 3.26. The number of benzene rings is 2. The lowest BCUT2D eigenvalue weighted by molar-refractivity contribution is 0.497. The average molecular weight is 368 g/mol. The Balaban J connectivity index is 1.55. The minimum Gasteiger partial charge on any atom is -0.421 e. The van der Waals surface area contributed by atoms with E-state index in [-0.39, 0.29) is 5.82 Å². The van der Waals surface area contributed by atoms with Gasteiger partial charge in [0, 0.05) is 30.2 Å². The van der Waals surface area contributed by atoms with E-state index in [2.05, 4.69) is 33.1 Å². The van der Waals surface area contributed by atoms with Crippen LogP contribution in [0.15, 0.2) is 53.1 Å². The lowest BCUT2D eigenvalue weighted by atomic mass is 10.1. The first kappa shape index (κ1) is 16.5. The van der Waals surface area contributed by atoms with Crippen LogP contribution in [0.4, 0.5) is 4.39 Å². The standard InChI is InChI=1S/C20H15ClFN3O/c1-25-12-14(16-4-2-3-5-18(16)25)10-20-24-23-19(26-20)9-7-13-6-8-15(22)11-17(13)21/h2-9,11-12H,10H2,1H3. The predicted octanol–water partition coefficient (Wildman–Crippen LogP) is 5.12. The van der Waals surface area contributed by atoms with E-state index >= 15 is 0 Å². The molecule has 0 amide bonds. The second-order valence-corrected chi connectivity index (χ2v) is 6.40. The molecule has 0 saturated heterocycles. The summed E-state index contributed by atoms with van der Waals surface area (Å²) in [5, 5.41) is 9.64. The number of nitrogens with zero attached hydrogens (tertiary/aromatic N) is 3. The molecule has 2 aromatic carbocycles. The zero-order chi connectivity index (χ0) is 18.1. The van der Waals surface area contributed by atoms with Crippen LogP contribution in [-0.2, 0) is 13.5 Å². The van der Waals surface area contributed by atoms with Gasteiger partial charge in [-0.3, -0.25) is 0 Å². The average Bonchev–Trinajstić information content (AvgIpc) is 3.20. The molecule has 4 aromatic rings. The molecule has 0 atom stereocenters. The second kappa shape index (κ2) is 6.77. The molecular formula is C20H15ClFN3O. The molecule has 0 bridgehead atoms. The summed E-state index contributed by atoms with van der Waals surface area (Å²) in [5.41, 5.74) is 2.97. The number of aryl methyl sites for hydroxylation is 1. The molecule has 0 unspecified atom stereocenters. The summed E-state index contributed by atoms with van der Waals surface area (Å²) in [4.78, 5) is 0. The van der Waals surface area contributed by atoms with Gasteiger partial charge in [-0.05, 0) is 35.4 Å². The topological polar surface area (TPSA) is 43.9 Å². The van der Waals surface area contributed by atoms with Crippen LogP contribution in [0.1, 0.15) is 22.9 Å². The summed E-state index contributed by atoms with van der Waals surface area (Å²) < 4.78 is 20.9. The van der Waals surface area contributed by atoms with Crippen molar-refractivity contribution in [1.82, 2.24) is 14.8 Å². The van der Waals surface area contributed by atoms with Gasteiger partial charge in [0.25, 0.3) is 0 Å². The van der Waals surface area contributed by atoms with E-state index in [0.717, 1.165) is 11.1 Å². The molecule has 0 radical (unpaired) electrons. The summed E-state index contributed by atoms with van der Waals surface area (Å²) >= 11 is 6.01. The van der Waals surface area contributed by atoms with E-state index in [9.17, 15) is 4.39 Å². The van der Waals surface area contributed by atoms with E-state index in [1.165, 1.54) is 17.5 Å². The van der Waals surface area contributed by atoms with Gasteiger partial charge in [0.15, 0.2) is 0 Å². The molecule has 2 heterocycles. The van der Waals surface area contributed by atoms with Gasteiger partial charge in [0.05, 0.1) is 11.4 Å². The Labute approximate surface area is 154 Å². The third-order valence-electron chi connectivity index (χ3n) is 4.17. The molecular weight excluding hydrogens is 353 g/mol. The van der Waals surface area contributed by atoms with Crippen molar-refractivity contribution in [2.24, 2.45) is 7.05 Å². The Morgan fingerprint density at radius 3 is 2.85 bits per heavy atom. The highest BCUT2D eigenvalue weighted by atomic mass is 35.5. The molecule has 4 nitrogen and oxygen atoms in total. The SMILES string of the molecule is Cn1cc(Cc2nnc(C=Cc3ccc(F)cc3Cl)o2)c2ccccc21. The van der Waals surface area contributed by atoms with Crippen LogP contribution in [0.5, 0.6) is 0 Å². The molecule has 0 fully saturated rings. The van der Waals surface area contributed by atoms with Crippen molar-refractivity contribution in [3.05, 3.63) is 82.4 Å². The smallest absolute Gasteiger partial charge is 0.240 e. The Kier molecular flexibility index (Phi) is 4.31. The maximum absolute atomic E-state index is 13.1. The largest absolute Gasteiger partial charge is 0.421 e. The van der Waals surface area contributed by atoms with Crippen molar-refractivity contribution in [2.45, 2.75) is 6.42 Å². The fraction of sp³-hybridized carbons (Fsp3) is 0.100. The van der Waals surface area contributed by atoms with Gasteiger partial charge in [0.2, 0.25) is 11.8 Å². The summed E-state index contributed by atoms with van der Waals surface area (Å²) in [7, 11) is 2.01. The monoisotopic (exact) mass is 367 g/mol. The number of rotatable bonds is 4. The Morgan fingerprint density at radius 1 is 1.15 bits per heavy atom. The lowest BCUT2D eigenvalue weighted by Crippen LogP contribution is -1.87. The molecule has 6 heteroatoms. The molecule has 0 N–H and O–H groups in total. The summed E-state index contributed by atoms with van der Waals surface area (Å²) in [6.45, 7) is 0. The fourth-order valence-corrected chi connectivity index (χ4v) is 3.16. The van der Waals surface area contributed by atoms with Gasteiger partial charge in [-0.25, -0.2) is 4.39 Å². The van der Waals surface area contributed by atoms with E-state index in [1.54, 1.807) is 18.2 Å². The van der Waals surface area contributed by atoms with Gasteiger partial charge in [0.1, 0.15) is 5.82 Å². The van der Waals surface area contributed by atoms with Crippen molar-refractivity contribution in [1.29, 1.82) is 0 Å². The molecule has 0 aliphatic heterocycles. The van der Waals surface area contributed by atoms with Crippen LogP contribution >= 0.6 is 11.6 Å². The second-order valence-electron chi connectivity index (χ2n) is 5.99. The first-order valence-electron chi connectivity index (χ1n) is 8.08. The first-order chi connectivity index (χ1) is 12.6. The van der Waals surface area contributed by atoms with E-state index in [1.807, 2.05) is 19.2 Å². The molecule has 0 spiro atoms. The van der Waals surface area contributed by atoms with E-state index in [0.29, 0.717) is 28.8 Å². The van der Waals surface area contributed by atoms with Crippen LogP contribution in [0.3, 0.4) is 0 Å². The number of para-hydroxylation sites is 1. The number of hydrogen-bond acceptors (Lipinski definition) is 3. The Bertz CT molecular complexity index is 1110. The number of halogens is 2. The van der Waals surface area contributed by atoms with Crippen molar-refractivity contribution < 1.29 is 8.81 Å². The maximum atomic E-state index is 13.1. The van der Waals surface area contributed by atoms with Gasteiger partial charge in [-0.2, -0.15) is 0 Å². The van der Waals surface area contributed by atoms with Crippen LogP contribution in [0.2, 0.25) is 5.02 Å². The summed E-state index contributed by atoms with van der Waals surface area (Å²) in [6.07, 6.45) is 6.01. The van der Waals surface area contributed by atoms with Crippen LogP contribution < -0.4 is 0 Å². The first-order valence-corrected chi connectivity index (χ1v) is 8.46. The van der Waals surface area contributed by atoms with E-state index in [4.69, 9.17) is 16.0 Å². The van der Waals surface area contributed by atoms with Crippen LogP contribution in [-0.4, -0.2) is 14.8 Å². The molecule has 130 valence electrons. The molecule has 0 saturated carbocycles. The van der Waals surface area contributed by atoms with Crippen LogP contribution in [0, 0.1) is 5.82 Å². The normalized spacial score (nSPS) is 11.7. The van der Waals surface area contributed by atoms with Crippen molar-refractivity contribution in [2.75, 3.05) is 0 Å². The zero-order valence-electron chi connectivity index (χ0n) is 14.0. The number of fused-ring (bicyclic) bond motifs is 1. The summed E-state index contributed by atoms with van der Waals surface area (Å²) in [6, 6.07) is 12.4. The lowest BCUT2D eigenvalue weighted by Gasteiger charge is -1.96. The zero-order valence-corrected chi connectivity index (χ0v) is 14.7. The van der Waals surface area contributed by atoms with Crippen molar-refractivity contribution in [3.8, 4) is 0 Å². The minimum absolute atomic E-state index is 0.330. The Hall–Kier alpha value is -2.92. The van der Waals surface area contributed by atoms with Crippen molar-refractivity contribution >= 4 is 34.7 Å². The van der Waals surface area contributed by atoms with Gasteiger partial charge < -0.3 is 8.98 Å². The minimum atomic E-state index is -0.373. The van der Waals surface area contributed by atoms with E-state index < -0.39 is 0 Å². The third-order valence-corrected chi connectivity index (χ3v) is 4.50.